The largest absolute Gasteiger partial charge is 0.484 e. The fraction of sp³-hybridized carbons (Fsp3) is 0.308. The Balaban J connectivity index is 1.96. The lowest BCUT2D eigenvalue weighted by Gasteiger charge is -2.29. The molecule has 3 nitrogen and oxygen atoms in total. The fourth-order valence-corrected chi connectivity index (χ4v) is 2.84. The highest BCUT2D eigenvalue weighted by molar-refractivity contribution is 7.09. The summed E-state index contributed by atoms with van der Waals surface area (Å²) >= 11 is 1.62. The summed E-state index contributed by atoms with van der Waals surface area (Å²) in [6.45, 7) is 2.07. The van der Waals surface area contributed by atoms with Crippen molar-refractivity contribution in [1.29, 1.82) is 0 Å². The highest BCUT2D eigenvalue weighted by Gasteiger charge is 2.27. The van der Waals surface area contributed by atoms with Gasteiger partial charge in [-0.2, -0.15) is 0 Å². The topological polar surface area (TPSA) is 48.1 Å². The molecule has 0 saturated carbocycles. The molecule has 0 radical (unpaired) electrons. The van der Waals surface area contributed by atoms with Crippen LogP contribution in [0.1, 0.15) is 34.6 Å². The average Bonchev–Trinajstić information content (AvgIpc) is 2.83. The summed E-state index contributed by atoms with van der Waals surface area (Å²) < 4.78 is 5.99. The number of benzene rings is 1. The molecule has 0 saturated heterocycles. The zero-order valence-electron chi connectivity index (χ0n) is 9.59. The molecular weight excluding hydrogens is 232 g/mol. The van der Waals surface area contributed by atoms with E-state index in [0.29, 0.717) is 0 Å². The molecule has 3 rings (SSSR count). The van der Waals surface area contributed by atoms with Gasteiger partial charge in [0, 0.05) is 24.2 Å². The SMILES string of the molecule is Cc1ccc2c(c1)[C@@H](N)CC(c1cncs1)O2. The van der Waals surface area contributed by atoms with E-state index in [1.807, 2.05) is 17.8 Å². The summed E-state index contributed by atoms with van der Waals surface area (Å²) in [6, 6.07) is 6.23. The number of fused-ring (bicyclic) bond motifs is 1. The van der Waals surface area contributed by atoms with Crippen molar-refractivity contribution in [3.05, 3.63) is 45.9 Å². The molecule has 2 aromatic rings. The second kappa shape index (κ2) is 4.13. The van der Waals surface area contributed by atoms with E-state index in [0.717, 1.165) is 22.6 Å². The molecule has 1 aromatic heterocycles. The monoisotopic (exact) mass is 246 g/mol. The average molecular weight is 246 g/mol. The van der Waals surface area contributed by atoms with Gasteiger partial charge >= 0.3 is 0 Å². The van der Waals surface area contributed by atoms with Gasteiger partial charge in [-0.1, -0.05) is 17.7 Å². The highest BCUT2D eigenvalue weighted by atomic mass is 32.1. The van der Waals surface area contributed by atoms with Crippen molar-refractivity contribution in [3.63, 3.8) is 0 Å². The van der Waals surface area contributed by atoms with E-state index >= 15 is 0 Å². The Morgan fingerprint density at radius 1 is 1.47 bits per heavy atom. The van der Waals surface area contributed by atoms with Gasteiger partial charge in [-0.05, 0) is 13.0 Å². The zero-order chi connectivity index (χ0) is 11.8. The van der Waals surface area contributed by atoms with Crippen molar-refractivity contribution in [2.45, 2.75) is 25.5 Å². The molecule has 1 aliphatic heterocycles. The van der Waals surface area contributed by atoms with Gasteiger partial charge in [-0.15, -0.1) is 11.3 Å². The van der Waals surface area contributed by atoms with Gasteiger partial charge < -0.3 is 10.5 Å². The minimum absolute atomic E-state index is 0.0470. The Labute approximate surface area is 104 Å². The van der Waals surface area contributed by atoms with Gasteiger partial charge in [0.05, 0.1) is 10.4 Å². The first-order valence-electron chi connectivity index (χ1n) is 5.65. The number of aryl methyl sites for hydroxylation is 1. The second-order valence-electron chi connectivity index (χ2n) is 4.39. The predicted molar refractivity (Wildman–Crippen MR) is 68.2 cm³/mol. The third kappa shape index (κ3) is 1.94. The molecule has 2 heterocycles. The quantitative estimate of drug-likeness (QED) is 0.841. The Kier molecular flexibility index (Phi) is 2.61. The van der Waals surface area contributed by atoms with E-state index in [1.165, 1.54) is 5.56 Å². The number of aromatic nitrogens is 1. The predicted octanol–water partition coefficient (Wildman–Crippen LogP) is 2.98. The zero-order valence-corrected chi connectivity index (χ0v) is 10.4. The Morgan fingerprint density at radius 3 is 3.12 bits per heavy atom. The summed E-state index contributed by atoms with van der Waals surface area (Å²) in [5.74, 6) is 0.910. The van der Waals surface area contributed by atoms with Gasteiger partial charge in [-0.3, -0.25) is 4.98 Å². The van der Waals surface area contributed by atoms with Crippen LogP contribution < -0.4 is 10.5 Å². The van der Waals surface area contributed by atoms with Gasteiger partial charge in [0.1, 0.15) is 11.9 Å². The third-order valence-electron chi connectivity index (χ3n) is 3.07. The van der Waals surface area contributed by atoms with Crippen LogP contribution in [0.4, 0.5) is 0 Å². The minimum atomic E-state index is 0.0470. The minimum Gasteiger partial charge on any atom is -0.484 e. The summed E-state index contributed by atoms with van der Waals surface area (Å²) in [7, 11) is 0. The van der Waals surface area contributed by atoms with E-state index in [-0.39, 0.29) is 12.1 Å². The van der Waals surface area contributed by atoms with Crippen molar-refractivity contribution in [2.24, 2.45) is 5.73 Å². The van der Waals surface area contributed by atoms with Crippen molar-refractivity contribution >= 4 is 11.3 Å². The summed E-state index contributed by atoms with van der Waals surface area (Å²) in [5.41, 5.74) is 10.4. The van der Waals surface area contributed by atoms with Crippen LogP contribution in [0, 0.1) is 6.92 Å². The van der Waals surface area contributed by atoms with Crippen molar-refractivity contribution in [2.75, 3.05) is 0 Å². The number of hydrogen-bond donors (Lipinski definition) is 1. The maximum Gasteiger partial charge on any atom is 0.136 e. The maximum absolute atomic E-state index is 6.22. The first kappa shape index (κ1) is 10.7. The van der Waals surface area contributed by atoms with Gasteiger partial charge in [0.2, 0.25) is 0 Å². The van der Waals surface area contributed by atoms with Crippen LogP contribution >= 0.6 is 11.3 Å². The second-order valence-corrected chi connectivity index (χ2v) is 5.31. The Hall–Kier alpha value is -1.39. The molecule has 1 aromatic carbocycles. The number of ether oxygens (including phenoxy) is 1. The molecule has 0 bridgehead atoms. The van der Waals surface area contributed by atoms with Crippen LogP contribution in [0.3, 0.4) is 0 Å². The van der Waals surface area contributed by atoms with E-state index in [4.69, 9.17) is 10.5 Å². The Morgan fingerprint density at radius 2 is 2.35 bits per heavy atom. The summed E-state index contributed by atoms with van der Waals surface area (Å²) in [4.78, 5) is 5.24. The van der Waals surface area contributed by atoms with Crippen LogP contribution in [0.2, 0.25) is 0 Å². The van der Waals surface area contributed by atoms with Crippen molar-refractivity contribution < 1.29 is 4.74 Å². The summed E-state index contributed by atoms with van der Waals surface area (Å²) in [6.07, 6.45) is 2.73. The molecule has 88 valence electrons. The molecule has 1 aliphatic rings. The summed E-state index contributed by atoms with van der Waals surface area (Å²) in [5, 5.41) is 0. The van der Waals surface area contributed by atoms with E-state index < -0.39 is 0 Å². The molecule has 17 heavy (non-hydrogen) atoms. The van der Waals surface area contributed by atoms with Gasteiger partial charge in [0.25, 0.3) is 0 Å². The number of thiazole rings is 1. The van der Waals surface area contributed by atoms with E-state index in [2.05, 4.69) is 24.0 Å². The van der Waals surface area contributed by atoms with Crippen LogP contribution in [0.25, 0.3) is 0 Å². The lowest BCUT2D eigenvalue weighted by atomic mass is 9.95. The third-order valence-corrected chi connectivity index (χ3v) is 3.94. The first-order valence-corrected chi connectivity index (χ1v) is 6.53. The normalized spacial score (nSPS) is 22.9. The fourth-order valence-electron chi connectivity index (χ4n) is 2.18. The molecule has 4 heteroatoms. The van der Waals surface area contributed by atoms with E-state index in [1.54, 1.807) is 11.3 Å². The van der Waals surface area contributed by atoms with Crippen molar-refractivity contribution in [3.8, 4) is 5.75 Å². The first-order chi connectivity index (χ1) is 8.24. The highest BCUT2D eigenvalue weighted by Crippen LogP contribution is 2.40. The molecule has 1 unspecified atom stereocenters. The standard InChI is InChI=1S/C13H14N2OS/c1-8-2-3-11-9(4-8)10(14)5-12(16-11)13-6-15-7-17-13/h2-4,6-7,10,12H,5,14H2,1H3/t10-,12?/m0/s1. The lowest BCUT2D eigenvalue weighted by molar-refractivity contribution is 0.164. The number of nitrogens with two attached hydrogens (primary N) is 1. The van der Waals surface area contributed by atoms with Gasteiger partial charge in [0.15, 0.2) is 0 Å². The number of nitrogens with zero attached hydrogens (tertiary/aromatic N) is 1. The van der Waals surface area contributed by atoms with Crippen LogP contribution in [-0.4, -0.2) is 4.98 Å². The molecule has 0 aliphatic carbocycles. The molecule has 0 amide bonds. The molecule has 2 N–H and O–H groups in total. The molecule has 0 fully saturated rings. The van der Waals surface area contributed by atoms with Crippen LogP contribution in [0.5, 0.6) is 5.75 Å². The van der Waals surface area contributed by atoms with E-state index in [9.17, 15) is 0 Å². The van der Waals surface area contributed by atoms with Crippen LogP contribution in [-0.2, 0) is 0 Å². The molecule has 2 atom stereocenters. The Bertz CT molecular complexity index is 524. The lowest BCUT2D eigenvalue weighted by Crippen LogP contribution is -2.23. The van der Waals surface area contributed by atoms with Crippen molar-refractivity contribution in [1.82, 2.24) is 4.98 Å². The number of rotatable bonds is 1. The smallest absolute Gasteiger partial charge is 0.136 e. The number of hydrogen-bond acceptors (Lipinski definition) is 4. The molecule has 0 spiro atoms. The van der Waals surface area contributed by atoms with Gasteiger partial charge in [-0.25, -0.2) is 0 Å². The van der Waals surface area contributed by atoms with Crippen LogP contribution in [0.15, 0.2) is 29.9 Å². The maximum atomic E-state index is 6.22. The molecular formula is C13H14N2OS.